The zero-order chi connectivity index (χ0) is 26.5. The third kappa shape index (κ3) is 6.25. The van der Waals surface area contributed by atoms with E-state index in [0.29, 0.717) is 12.1 Å². The van der Waals surface area contributed by atoms with Crippen molar-refractivity contribution >= 4 is 56.5 Å². The number of thioether (sulfide) groups is 1. The molecule has 1 aliphatic rings. The third-order valence-electron chi connectivity index (χ3n) is 6.75. The molecule has 5 rings (SSSR count). The van der Waals surface area contributed by atoms with E-state index in [1.807, 2.05) is 38.1 Å². The van der Waals surface area contributed by atoms with Gasteiger partial charge in [-0.2, -0.15) is 0 Å². The van der Waals surface area contributed by atoms with Crippen molar-refractivity contribution in [2.24, 2.45) is 0 Å². The van der Waals surface area contributed by atoms with Crippen molar-refractivity contribution in [1.29, 1.82) is 0 Å². The second kappa shape index (κ2) is 12.1. The van der Waals surface area contributed by atoms with Crippen molar-refractivity contribution in [1.82, 2.24) is 9.97 Å². The van der Waals surface area contributed by atoms with E-state index in [1.54, 1.807) is 11.3 Å². The van der Waals surface area contributed by atoms with Crippen LogP contribution in [0.1, 0.15) is 53.6 Å². The summed E-state index contributed by atoms with van der Waals surface area (Å²) in [5.41, 5.74) is 5.03. The third-order valence-corrected chi connectivity index (χ3v) is 8.91. The number of rotatable bonds is 9. The van der Waals surface area contributed by atoms with Gasteiger partial charge in [-0.15, -0.1) is 11.3 Å². The van der Waals surface area contributed by atoms with Gasteiger partial charge in [-0.25, -0.2) is 9.97 Å². The van der Waals surface area contributed by atoms with Crippen LogP contribution in [0.25, 0.3) is 10.2 Å². The summed E-state index contributed by atoms with van der Waals surface area (Å²) in [5.74, 6) is 0.989. The number of nitrogens with zero attached hydrogens (tertiary/aromatic N) is 2. The first-order chi connectivity index (χ1) is 18.5. The van der Waals surface area contributed by atoms with Gasteiger partial charge in [0, 0.05) is 34.5 Å². The Labute approximate surface area is 231 Å². The lowest BCUT2D eigenvalue weighted by molar-refractivity contribution is -0.116. The largest absolute Gasteiger partial charge is 0.326 e. The van der Waals surface area contributed by atoms with E-state index in [2.05, 4.69) is 34.9 Å². The summed E-state index contributed by atoms with van der Waals surface area (Å²) in [6.45, 7) is 3.74. The van der Waals surface area contributed by atoms with Gasteiger partial charge in [-0.3, -0.25) is 9.59 Å². The summed E-state index contributed by atoms with van der Waals surface area (Å²) in [5, 5.41) is 7.95. The average molecular weight is 545 g/mol. The van der Waals surface area contributed by atoms with E-state index in [-0.39, 0.29) is 17.6 Å². The standard InChI is InChI=1S/C30H32N4O2S2/c1-3-26(35)32-23-15-14-21(17-19(23)2)31-27(36)18-37-29-28-22-11-7-8-12-24(22)38-30(28)34-25(33-29)16-13-20-9-5-4-6-10-20/h4-6,9-10,14-15,17H,3,7-8,11-13,16,18H2,1-2H3,(H,31,36)(H,32,35). The molecule has 38 heavy (non-hydrogen) atoms. The summed E-state index contributed by atoms with van der Waals surface area (Å²) in [4.78, 5) is 37.1. The minimum atomic E-state index is -0.0820. The van der Waals surface area contributed by atoms with E-state index in [4.69, 9.17) is 9.97 Å². The van der Waals surface area contributed by atoms with Crippen LogP contribution in [0.3, 0.4) is 0 Å². The summed E-state index contributed by atoms with van der Waals surface area (Å²) in [7, 11) is 0. The maximum Gasteiger partial charge on any atom is 0.234 e. The van der Waals surface area contributed by atoms with Crippen molar-refractivity contribution in [2.45, 2.75) is 63.8 Å². The van der Waals surface area contributed by atoms with Crippen LogP contribution < -0.4 is 10.6 Å². The fraction of sp³-hybridized carbons (Fsp3) is 0.333. The Balaban J connectivity index is 1.32. The molecule has 196 valence electrons. The van der Waals surface area contributed by atoms with E-state index < -0.39 is 0 Å². The highest BCUT2D eigenvalue weighted by Gasteiger charge is 2.22. The molecule has 2 heterocycles. The van der Waals surface area contributed by atoms with Gasteiger partial charge in [-0.05, 0) is 73.9 Å². The highest BCUT2D eigenvalue weighted by atomic mass is 32.2. The minimum Gasteiger partial charge on any atom is -0.326 e. The zero-order valence-electron chi connectivity index (χ0n) is 21.8. The van der Waals surface area contributed by atoms with Crippen LogP contribution in [-0.2, 0) is 35.3 Å². The number of hydrogen-bond donors (Lipinski definition) is 2. The molecule has 0 saturated carbocycles. The van der Waals surface area contributed by atoms with E-state index in [1.165, 1.54) is 40.6 Å². The number of aromatic nitrogens is 2. The fourth-order valence-corrected chi connectivity index (χ4v) is 6.95. The number of hydrogen-bond acceptors (Lipinski definition) is 6. The maximum atomic E-state index is 12.9. The van der Waals surface area contributed by atoms with Crippen molar-refractivity contribution in [3.05, 3.63) is 75.9 Å². The van der Waals surface area contributed by atoms with Gasteiger partial charge in [0.05, 0.1) is 5.75 Å². The molecule has 0 bridgehead atoms. The molecule has 0 spiro atoms. The lowest BCUT2D eigenvalue weighted by atomic mass is 9.97. The molecule has 1 aliphatic carbocycles. The van der Waals surface area contributed by atoms with Gasteiger partial charge < -0.3 is 10.6 Å². The first-order valence-corrected chi connectivity index (χ1v) is 15.0. The highest BCUT2D eigenvalue weighted by Crippen LogP contribution is 2.39. The number of nitrogens with one attached hydrogen (secondary N) is 2. The first kappa shape index (κ1) is 26.4. The molecular weight excluding hydrogens is 512 g/mol. The van der Waals surface area contributed by atoms with Crippen molar-refractivity contribution in [3.8, 4) is 0 Å². The normalized spacial score (nSPS) is 12.8. The monoisotopic (exact) mass is 544 g/mol. The molecule has 2 N–H and O–H groups in total. The number of carbonyl (C=O) groups excluding carboxylic acids is 2. The second-order valence-corrected chi connectivity index (χ2v) is 11.6. The number of carbonyl (C=O) groups is 2. The van der Waals surface area contributed by atoms with Gasteiger partial charge in [-0.1, -0.05) is 49.0 Å². The SMILES string of the molecule is CCC(=O)Nc1ccc(NC(=O)CSc2nc(CCc3ccccc3)nc3sc4c(c23)CCCC4)cc1C. The summed E-state index contributed by atoms with van der Waals surface area (Å²) in [6, 6.07) is 15.9. The van der Waals surface area contributed by atoms with Crippen LogP contribution in [-0.4, -0.2) is 27.5 Å². The Hall–Kier alpha value is -3.23. The number of benzene rings is 2. The fourth-order valence-electron chi connectivity index (χ4n) is 4.73. The van der Waals surface area contributed by atoms with E-state index in [0.717, 1.165) is 58.0 Å². The average Bonchev–Trinajstić information content (AvgIpc) is 3.31. The number of thiophene rings is 1. The molecule has 6 nitrogen and oxygen atoms in total. The van der Waals surface area contributed by atoms with Crippen LogP contribution in [0, 0.1) is 6.92 Å². The van der Waals surface area contributed by atoms with Crippen LogP contribution in [0.2, 0.25) is 0 Å². The Bertz CT molecular complexity index is 1470. The number of amides is 2. The molecule has 0 saturated heterocycles. The smallest absolute Gasteiger partial charge is 0.234 e. The molecule has 2 amide bonds. The molecule has 0 unspecified atom stereocenters. The van der Waals surface area contributed by atoms with Crippen molar-refractivity contribution < 1.29 is 9.59 Å². The molecule has 0 fully saturated rings. The molecule has 8 heteroatoms. The predicted octanol–water partition coefficient (Wildman–Crippen LogP) is 6.74. The predicted molar refractivity (Wildman–Crippen MR) is 157 cm³/mol. The lowest BCUT2D eigenvalue weighted by Gasteiger charge is -2.13. The van der Waals surface area contributed by atoms with Crippen molar-refractivity contribution in [2.75, 3.05) is 16.4 Å². The zero-order valence-corrected chi connectivity index (χ0v) is 23.4. The van der Waals surface area contributed by atoms with Gasteiger partial charge in [0.15, 0.2) is 0 Å². The Morgan fingerprint density at radius 1 is 0.974 bits per heavy atom. The Morgan fingerprint density at radius 2 is 1.79 bits per heavy atom. The summed E-state index contributed by atoms with van der Waals surface area (Å²) < 4.78 is 0. The van der Waals surface area contributed by atoms with Gasteiger partial charge in [0.25, 0.3) is 0 Å². The molecule has 2 aromatic heterocycles. The van der Waals surface area contributed by atoms with Gasteiger partial charge in [0.1, 0.15) is 15.7 Å². The van der Waals surface area contributed by atoms with Gasteiger partial charge in [0.2, 0.25) is 11.8 Å². The van der Waals surface area contributed by atoms with Gasteiger partial charge >= 0.3 is 0 Å². The van der Waals surface area contributed by atoms with Crippen LogP contribution in [0.15, 0.2) is 53.6 Å². The maximum absolute atomic E-state index is 12.9. The number of fused-ring (bicyclic) bond motifs is 3. The Kier molecular flexibility index (Phi) is 8.39. The summed E-state index contributed by atoms with van der Waals surface area (Å²) in [6.07, 6.45) is 6.65. The minimum absolute atomic E-state index is 0.0313. The lowest BCUT2D eigenvalue weighted by Crippen LogP contribution is -2.15. The summed E-state index contributed by atoms with van der Waals surface area (Å²) >= 11 is 3.30. The van der Waals surface area contributed by atoms with Crippen molar-refractivity contribution in [3.63, 3.8) is 0 Å². The van der Waals surface area contributed by atoms with E-state index >= 15 is 0 Å². The number of aryl methyl sites for hydroxylation is 5. The molecule has 0 radical (unpaired) electrons. The first-order valence-electron chi connectivity index (χ1n) is 13.2. The number of anilines is 2. The molecule has 0 atom stereocenters. The highest BCUT2D eigenvalue weighted by molar-refractivity contribution is 8.00. The molecule has 2 aromatic carbocycles. The second-order valence-electron chi connectivity index (χ2n) is 9.59. The van der Waals surface area contributed by atoms with Crippen LogP contribution >= 0.6 is 23.1 Å². The molecule has 4 aromatic rings. The van der Waals surface area contributed by atoms with Crippen LogP contribution in [0.5, 0.6) is 0 Å². The molecule has 0 aliphatic heterocycles. The van der Waals surface area contributed by atoms with Crippen LogP contribution in [0.4, 0.5) is 11.4 Å². The Morgan fingerprint density at radius 3 is 2.58 bits per heavy atom. The topological polar surface area (TPSA) is 84.0 Å². The molecular formula is C30H32N4O2S2. The van der Waals surface area contributed by atoms with E-state index in [9.17, 15) is 9.59 Å². The quantitative estimate of drug-likeness (QED) is 0.180.